The van der Waals surface area contributed by atoms with Crippen LogP contribution in [0.1, 0.15) is 25.7 Å². The van der Waals surface area contributed by atoms with E-state index in [0.29, 0.717) is 17.6 Å². The van der Waals surface area contributed by atoms with Gasteiger partial charge in [0.25, 0.3) is 5.71 Å². The Kier molecular flexibility index (Phi) is 5.38. The monoisotopic (exact) mass is 165 g/mol. The van der Waals surface area contributed by atoms with E-state index < -0.39 is 0 Å². The molecule has 0 rings (SSSR count). The van der Waals surface area contributed by atoms with Gasteiger partial charge in [-0.15, -0.1) is 0 Å². The molecular weight excluding hydrogens is 154 g/mol. The Hall–Kier alpha value is -1.55. The van der Waals surface area contributed by atoms with E-state index in [-0.39, 0.29) is 5.71 Å². The van der Waals surface area contributed by atoms with Gasteiger partial charge in [-0.1, -0.05) is 0 Å². The number of hydrogen-bond donors (Lipinski definition) is 0. The standard InChI is InChI=1S/C8H11N3O/c1-11(12)8(7-10)5-3-2-4-6-9/h2-5H2,1H3/b11-8+. The molecule has 0 atom stereocenters. The maximum atomic E-state index is 10.6. The number of rotatable bonds is 4. The molecule has 4 heteroatoms. The SMILES string of the molecule is C/[N+]([O-])=C(\C#N)CCCCC#N. The molecule has 0 saturated carbocycles. The van der Waals surface area contributed by atoms with Crippen molar-refractivity contribution in [2.45, 2.75) is 25.7 Å². The van der Waals surface area contributed by atoms with Gasteiger partial charge >= 0.3 is 0 Å². The van der Waals surface area contributed by atoms with Gasteiger partial charge in [-0.25, -0.2) is 4.74 Å². The average molecular weight is 165 g/mol. The van der Waals surface area contributed by atoms with Gasteiger partial charge in [0.05, 0.1) is 6.07 Å². The van der Waals surface area contributed by atoms with Gasteiger partial charge in [-0.3, -0.25) is 0 Å². The molecule has 64 valence electrons. The molecule has 4 nitrogen and oxygen atoms in total. The van der Waals surface area contributed by atoms with Crippen LogP contribution < -0.4 is 0 Å². The molecular formula is C8H11N3O. The van der Waals surface area contributed by atoms with E-state index in [1.54, 1.807) is 0 Å². The molecule has 12 heavy (non-hydrogen) atoms. The van der Waals surface area contributed by atoms with Crippen LogP contribution in [0.5, 0.6) is 0 Å². The third-order valence-electron chi connectivity index (χ3n) is 1.46. The summed E-state index contributed by atoms with van der Waals surface area (Å²) >= 11 is 0. The molecule has 0 fully saturated rings. The van der Waals surface area contributed by atoms with Crippen LogP contribution in [0.4, 0.5) is 0 Å². The van der Waals surface area contributed by atoms with Gasteiger partial charge in [0.15, 0.2) is 6.07 Å². The largest absolute Gasteiger partial charge is 0.623 e. The molecule has 0 N–H and O–H groups in total. The minimum absolute atomic E-state index is 0.230. The fraction of sp³-hybridized carbons (Fsp3) is 0.625. The normalized spacial score (nSPS) is 11.2. The fourth-order valence-corrected chi connectivity index (χ4v) is 0.780. The lowest BCUT2D eigenvalue weighted by molar-refractivity contribution is -0.422. The first-order chi connectivity index (χ1) is 5.72. The van der Waals surface area contributed by atoms with Crippen molar-refractivity contribution >= 4 is 5.71 Å². The van der Waals surface area contributed by atoms with Crippen LogP contribution in [-0.2, 0) is 0 Å². The predicted octanol–water partition coefficient (Wildman–Crippen LogP) is 1.18. The van der Waals surface area contributed by atoms with E-state index in [1.165, 1.54) is 7.05 Å². The van der Waals surface area contributed by atoms with Crippen LogP contribution in [0.2, 0.25) is 0 Å². The summed E-state index contributed by atoms with van der Waals surface area (Å²) < 4.78 is 0.576. The second-order valence-corrected chi connectivity index (χ2v) is 2.42. The van der Waals surface area contributed by atoms with Crippen molar-refractivity contribution in [1.29, 1.82) is 10.5 Å². The number of hydroxylamine groups is 1. The van der Waals surface area contributed by atoms with Crippen molar-refractivity contribution in [1.82, 2.24) is 0 Å². The van der Waals surface area contributed by atoms with E-state index in [1.807, 2.05) is 12.1 Å². The second-order valence-electron chi connectivity index (χ2n) is 2.42. The van der Waals surface area contributed by atoms with Crippen molar-refractivity contribution in [3.63, 3.8) is 0 Å². The summed E-state index contributed by atoms with van der Waals surface area (Å²) in [6.07, 6.45) is 2.43. The molecule has 0 aromatic carbocycles. The Bertz CT molecular complexity index is 240. The quantitative estimate of drug-likeness (QED) is 0.206. The maximum Gasteiger partial charge on any atom is 0.264 e. The van der Waals surface area contributed by atoms with E-state index in [0.717, 1.165) is 12.8 Å². The highest BCUT2D eigenvalue weighted by Gasteiger charge is 2.04. The first-order valence-electron chi connectivity index (χ1n) is 3.76. The summed E-state index contributed by atoms with van der Waals surface area (Å²) in [5, 5.41) is 27.3. The Balaban J connectivity index is 3.72. The van der Waals surface area contributed by atoms with Gasteiger partial charge in [0.1, 0.15) is 7.05 Å². The Labute approximate surface area is 71.9 Å². The van der Waals surface area contributed by atoms with Crippen molar-refractivity contribution in [2.24, 2.45) is 0 Å². The third-order valence-corrected chi connectivity index (χ3v) is 1.46. The summed E-state index contributed by atoms with van der Waals surface area (Å²) in [7, 11) is 1.31. The maximum absolute atomic E-state index is 10.6. The van der Waals surface area contributed by atoms with Crippen molar-refractivity contribution < 1.29 is 4.74 Å². The Morgan fingerprint density at radius 1 is 1.42 bits per heavy atom. The molecule has 0 bridgehead atoms. The molecule has 0 aromatic heterocycles. The Morgan fingerprint density at radius 3 is 2.50 bits per heavy atom. The van der Waals surface area contributed by atoms with Gasteiger partial charge < -0.3 is 5.21 Å². The number of hydrogen-bond acceptors (Lipinski definition) is 3. The van der Waals surface area contributed by atoms with E-state index in [9.17, 15) is 5.21 Å². The first kappa shape index (κ1) is 10.4. The summed E-state index contributed by atoms with van der Waals surface area (Å²) in [5.74, 6) is 0. The van der Waals surface area contributed by atoms with Crippen molar-refractivity contribution in [3.8, 4) is 12.1 Å². The lowest BCUT2D eigenvalue weighted by atomic mass is 10.1. The third kappa shape index (κ3) is 4.29. The first-order valence-corrected chi connectivity index (χ1v) is 3.76. The number of nitriles is 2. The van der Waals surface area contributed by atoms with Gasteiger partial charge in [-0.2, -0.15) is 10.5 Å². The van der Waals surface area contributed by atoms with E-state index >= 15 is 0 Å². The minimum atomic E-state index is 0.230. The van der Waals surface area contributed by atoms with Gasteiger partial charge in [0, 0.05) is 12.8 Å². The highest BCUT2D eigenvalue weighted by atomic mass is 16.5. The van der Waals surface area contributed by atoms with Crippen LogP contribution >= 0.6 is 0 Å². The zero-order valence-corrected chi connectivity index (χ0v) is 7.08. The molecule has 0 aliphatic heterocycles. The highest BCUT2D eigenvalue weighted by molar-refractivity contribution is 5.94. The molecule has 0 heterocycles. The van der Waals surface area contributed by atoms with Gasteiger partial charge in [-0.05, 0) is 12.8 Å². The summed E-state index contributed by atoms with van der Waals surface area (Å²) in [4.78, 5) is 0. The molecule has 0 aliphatic rings. The lowest BCUT2D eigenvalue weighted by Crippen LogP contribution is -2.09. The molecule has 0 radical (unpaired) electrons. The van der Waals surface area contributed by atoms with E-state index in [2.05, 4.69) is 0 Å². The summed E-state index contributed by atoms with van der Waals surface area (Å²) in [6.45, 7) is 0. The second kappa shape index (κ2) is 6.18. The lowest BCUT2D eigenvalue weighted by Gasteiger charge is -1.98. The van der Waals surface area contributed by atoms with E-state index in [4.69, 9.17) is 10.5 Å². The molecule has 0 aliphatic carbocycles. The predicted molar refractivity (Wildman–Crippen MR) is 44.3 cm³/mol. The van der Waals surface area contributed by atoms with Crippen LogP contribution in [0.15, 0.2) is 0 Å². The van der Waals surface area contributed by atoms with Crippen molar-refractivity contribution in [2.75, 3.05) is 7.05 Å². The molecule has 0 saturated heterocycles. The zero-order valence-electron chi connectivity index (χ0n) is 7.08. The number of nitrogens with zero attached hydrogens (tertiary/aromatic N) is 3. The summed E-state index contributed by atoms with van der Waals surface area (Å²) in [6, 6.07) is 3.83. The number of unbranched alkanes of at least 4 members (excludes halogenated alkanes) is 2. The molecule has 0 spiro atoms. The topological polar surface area (TPSA) is 73.7 Å². The fourth-order valence-electron chi connectivity index (χ4n) is 0.780. The zero-order chi connectivity index (χ0) is 9.40. The average Bonchev–Trinajstić information content (AvgIpc) is 2.04. The molecule has 0 aromatic rings. The van der Waals surface area contributed by atoms with Gasteiger partial charge in [0.2, 0.25) is 0 Å². The minimum Gasteiger partial charge on any atom is -0.623 e. The highest BCUT2D eigenvalue weighted by Crippen LogP contribution is 1.99. The van der Waals surface area contributed by atoms with Crippen molar-refractivity contribution in [3.05, 3.63) is 5.21 Å². The molecule has 0 amide bonds. The molecule has 0 unspecified atom stereocenters. The van der Waals surface area contributed by atoms with Crippen LogP contribution in [0.25, 0.3) is 0 Å². The van der Waals surface area contributed by atoms with Crippen LogP contribution in [-0.4, -0.2) is 17.5 Å². The Morgan fingerprint density at radius 2 is 2.08 bits per heavy atom. The summed E-state index contributed by atoms with van der Waals surface area (Å²) in [5.41, 5.74) is 0.230. The van der Waals surface area contributed by atoms with Crippen LogP contribution in [0, 0.1) is 27.9 Å². The van der Waals surface area contributed by atoms with Crippen LogP contribution in [0.3, 0.4) is 0 Å². The smallest absolute Gasteiger partial charge is 0.264 e.